The van der Waals surface area contributed by atoms with Gasteiger partial charge in [0.05, 0.1) is 4.90 Å². The van der Waals surface area contributed by atoms with Gasteiger partial charge in [-0.1, -0.05) is 24.3 Å². The highest BCUT2D eigenvalue weighted by Crippen LogP contribution is 2.17. The van der Waals surface area contributed by atoms with Gasteiger partial charge in [-0.3, -0.25) is 4.79 Å². The van der Waals surface area contributed by atoms with Crippen LogP contribution in [0.3, 0.4) is 0 Å². The quantitative estimate of drug-likeness (QED) is 0.762. The third-order valence-corrected chi connectivity index (χ3v) is 5.25. The van der Waals surface area contributed by atoms with Crippen molar-refractivity contribution in [3.8, 4) is 5.69 Å². The largest absolute Gasteiger partial charge is 0.285 e. The number of hydrogen-bond donors (Lipinski definition) is 1. The fourth-order valence-corrected chi connectivity index (χ4v) is 3.73. The van der Waals surface area contributed by atoms with Gasteiger partial charge in [0, 0.05) is 6.20 Å². The van der Waals surface area contributed by atoms with Gasteiger partial charge in [-0.15, -0.1) is 0 Å². The third kappa shape index (κ3) is 3.50. The van der Waals surface area contributed by atoms with Crippen molar-refractivity contribution in [2.75, 3.05) is 0 Å². The molecule has 26 heavy (non-hydrogen) atoms. The molecule has 3 aromatic rings. The van der Waals surface area contributed by atoms with Crippen LogP contribution < -0.4 is 4.72 Å². The monoisotopic (exact) mass is 373 g/mol. The Balaban J connectivity index is 1.87. The summed E-state index contributed by atoms with van der Waals surface area (Å²) in [5.41, 5.74) is 1.30. The van der Waals surface area contributed by atoms with E-state index in [0.717, 1.165) is 5.56 Å². The number of carbonyl (C=O) groups excluding carboxylic acids is 1. The van der Waals surface area contributed by atoms with Crippen LogP contribution in [-0.2, 0) is 10.0 Å². The average molecular weight is 373 g/mol. The van der Waals surface area contributed by atoms with E-state index < -0.39 is 21.7 Å². The molecular weight excluding hydrogens is 357 g/mol. The van der Waals surface area contributed by atoms with Gasteiger partial charge < -0.3 is 0 Å². The minimum Gasteiger partial charge on any atom is -0.266 e. The molecule has 2 aromatic carbocycles. The Morgan fingerprint density at radius 2 is 1.85 bits per heavy atom. The molecule has 0 radical (unpaired) electrons. The molecular formula is C18H16FN3O3S. The first kappa shape index (κ1) is 17.8. The second-order valence-electron chi connectivity index (χ2n) is 5.80. The predicted octanol–water partition coefficient (Wildman–Crippen LogP) is 2.75. The lowest BCUT2D eigenvalue weighted by Gasteiger charge is -2.09. The number of sulfonamides is 1. The predicted molar refractivity (Wildman–Crippen MR) is 94.1 cm³/mol. The standard InChI is InChI=1S/C18H16FN3O3S/c1-12-7-8-13(2)17(11-12)26(24,25)21-18(23)15-9-10-22(20-15)16-6-4-3-5-14(16)19/h3-11H,1-2H3,(H,21,23). The molecule has 3 rings (SSSR count). The molecule has 0 spiro atoms. The summed E-state index contributed by atoms with van der Waals surface area (Å²) >= 11 is 0. The molecule has 134 valence electrons. The maximum atomic E-state index is 13.8. The minimum atomic E-state index is -4.05. The van der Waals surface area contributed by atoms with Crippen LogP contribution >= 0.6 is 0 Å². The molecule has 1 N–H and O–H groups in total. The van der Waals surface area contributed by atoms with Gasteiger partial charge in [0.1, 0.15) is 11.5 Å². The first-order chi connectivity index (χ1) is 12.3. The molecule has 0 saturated carbocycles. The Hall–Kier alpha value is -3.00. The van der Waals surface area contributed by atoms with Crippen LogP contribution in [0.4, 0.5) is 4.39 Å². The highest BCUT2D eigenvalue weighted by atomic mass is 32.2. The smallest absolute Gasteiger partial charge is 0.266 e. The number of amides is 1. The van der Waals surface area contributed by atoms with Gasteiger partial charge in [-0.2, -0.15) is 5.10 Å². The molecule has 0 unspecified atom stereocenters. The lowest BCUT2D eigenvalue weighted by molar-refractivity contribution is 0.0976. The Kier molecular flexibility index (Phi) is 4.60. The fraction of sp³-hybridized carbons (Fsp3) is 0.111. The van der Waals surface area contributed by atoms with Crippen LogP contribution in [0.25, 0.3) is 5.69 Å². The van der Waals surface area contributed by atoms with Crippen molar-refractivity contribution in [1.29, 1.82) is 0 Å². The van der Waals surface area contributed by atoms with E-state index in [0.29, 0.717) is 5.56 Å². The highest BCUT2D eigenvalue weighted by Gasteiger charge is 2.22. The number of halogens is 1. The van der Waals surface area contributed by atoms with Crippen molar-refractivity contribution in [1.82, 2.24) is 14.5 Å². The zero-order chi connectivity index (χ0) is 18.9. The highest BCUT2D eigenvalue weighted by molar-refractivity contribution is 7.90. The summed E-state index contributed by atoms with van der Waals surface area (Å²) in [4.78, 5) is 12.3. The van der Waals surface area contributed by atoms with E-state index in [9.17, 15) is 17.6 Å². The molecule has 6 nitrogen and oxygen atoms in total. The zero-order valence-corrected chi connectivity index (χ0v) is 14.9. The maximum Gasteiger partial charge on any atom is 0.285 e. The van der Waals surface area contributed by atoms with Crippen molar-refractivity contribution in [3.05, 3.63) is 77.4 Å². The number of carbonyl (C=O) groups is 1. The Labute approximate surface area is 150 Å². The first-order valence-electron chi connectivity index (χ1n) is 7.73. The van der Waals surface area contributed by atoms with Crippen molar-refractivity contribution in [2.24, 2.45) is 0 Å². The topological polar surface area (TPSA) is 81.1 Å². The van der Waals surface area contributed by atoms with Crippen LogP contribution in [0.5, 0.6) is 0 Å². The number of nitrogens with zero attached hydrogens (tertiary/aromatic N) is 2. The number of rotatable bonds is 4. The van der Waals surface area contributed by atoms with E-state index in [-0.39, 0.29) is 16.3 Å². The molecule has 0 aliphatic rings. The van der Waals surface area contributed by atoms with Crippen molar-refractivity contribution >= 4 is 15.9 Å². The third-order valence-electron chi connectivity index (χ3n) is 3.78. The molecule has 0 fully saturated rings. The van der Waals surface area contributed by atoms with Crippen molar-refractivity contribution < 1.29 is 17.6 Å². The van der Waals surface area contributed by atoms with Crippen molar-refractivity contribution in [2.45, 2.75) is 18.7 Å². The molecule has 0 saturated heterocycles. The van der Waals surface area contributed by atoms with Crippen LogP contribution in [0.1, 0.15) is 21.6 Å². The Morgan fingerprint density at radius 1 is 1.12 bits per heavy atom. The molecule has 0 aliphatic carbocycles. The van der Waals surface area contributed by atoms with E-state index in [1.807, 2.05) is 4.72 Å². The molecule has 8 heteroatoms. The summed E-state index contributed by atoms with van der Waals surface area (Å²) in [7, 11) is -4.05. The number of para-hydroxylation sites is 1. The van der Waals surface area contributed by atoms with E-state index in [1.54, 1.807) is 32.0 Å². The molecule has 1 amide bonds. The number of aryl methyl sites for hydroxylation is 2. The molecule has 1 aromatic heterocycles. The van der Waals surface area contributed by atoms with E-state index in [1.165, 1.54) is 41.2 Å². The van der Waals surface area contributed by atoms with Crippen LogP contribution in [-0.4, -0.2) is 24.1 Å². The van der Waals surface area contributed by atoms with E-state index in [2.05, 4.69) is 5.10 Å². The van der Waals surface area contributed by atoms with Gasteiger partial charge in [0.2, 0.25) is 0 Å². The SMILES string of the molecule is Cc1ccc(C)c(S(=O)(=O)NC(=O)c2ccn(-c3ccccc3F)n2)c1. The Bertz CT molecular complexity index is 1090. The number of benzene rings is 2. The number of hydrogen-bond acceptors (Lipinski definition) is 4. The summed E-state index contributed by atoms with van der Waals surface area (Å²) in [5.74, 6) is -1.40. The van der Waals surface area contributed by atoms with Gasteiger partial charge in [-0.25, -0.2) is 22.2 Å². The lowest BCUT2D eigenvalue weighted by atomic mass is 10.2. The molecule has 0 atom stereocenters. The molecule has 0 bridgehead atoms. The normalized spacial score (nSPS) is 11.3. The van der Waals surface area contributed by atoms with Gasteiger partial charge >= 0.3 is 0 Å². The minimum absolute atomic E-state index is 0.0272. The molecule has 0 aliphatic heterocycles. The van der Waals surface area contributed by atoms with E-state index in [4.69, 9.17) is 0 Å². The van der Waals surface area contributed by atoms with Gasteiger partial charge in [0.15, 0.2) is 5.69 Å². The van der Waals surface area contributed by atoms with Crippen LogP contribution in [0, 0.1) is 19.7 Å². The zero-order valence-electron chi connectivity index (χ0n) is 14.1. The maximum absolute atomic E-state index is 13.8. The number of aromatic nitrogens is 2. The summed E-state index contributed by atoms with van der Waals surface area (Å²) in [6, 6.07) is 12.2. The summed E-state index contributed by atoms with van der Waals surface area (Å²) in [5, 5.41) is 3.96. The van der Waals surface area contributed by atoms with E-state index >= 15 is 0 Å². The average Bonchev–Trinajstić information content (AvgIpc) is 3.07. The fourth-order valence-electron chi connectivity index (χ4n) is 2.44. The summed E-state index contributed by atoms with van der Waals surface area (Å²) in [6.07, 6.45) is 1.39. The first-order valence-corrected chi connectivity index (χ1v) is 9.21. The van der Waals surface area contributed by atoms with Crippen LogP contribution in [0.15, 0.2) is 59.6 Å². The summed E-state index contributed by atoms with van der Waals surface area (Å²) in [6.45, 7) is 3.40. The molecule has 1 heterocycles. The van der Waals surface area contributed by atoms with Gasteiger partial charge in [0.25, 0.3) is 15.9 Å². The Morgan fingerprint density at radius 3 is 2.58 bits per heavy atom. The lowest BCUT2D eigenvalue weighted by Crippen LogP contribution is -2.31. The summed E-state index contributed by atoms with van der Waals surface area (Å²) < 4.78 is 42.0. The second-order valence-corrected chi connectivity index (χ2v) is 7.45. The van der Waals surface area contributed by atoms with Gasteiger partial charge in [-0.05, 0) is 49.2 Å². The number of nitrogens with one attached hydrogen (secondary N) is 1. The van der Waals surface area contributed by atoms with Crippen molar-refractivity contribution in [3.63, 3.8) is 0 Å². The van der Waals surface area contributed by atoms with Crippen LogP contribution in [0.2, 0.25) is 0 Å². The second kappa shape index (κ2) is 6.72.